The van der Waals surface area contributed by atoms with E-state index < -0.39 is 0 Å². The van der Waals surface area contributed by atoms with Gasteiger partial charge in [0, 0.05) is 13.1 Å². The van der Waals surface area contributed by atoms with Crippen LogP contribution in [-0.2, 0) is 4.79 Å². The molecule has 1 aliphatic rings. The third-order valence-electron chi connectivity index (χ3n) is 4.09. The molecule has 1 rings (SSSR count). The Bertz CT molecular complexity index is 256. The second kappa shape index (κ2) is 10.2. The van der Waals surface area contributed by atoms with Crippen LogP contribution in [0.1, 0.15) is 46.5 Å². The van der Waals surface area contributed by atoms with E-state index in [9.17, 15) is 4.79 Å². The van der Waals surface area contributed by atoms with Crippen LogP contribution in [0.4, 0.5) is 0 Å². The minimum atomic E-state index is 0.318. The number of nitrogens with one attached hydrogen (secondary N) is 1. The van der Waals surface area contributed by atoms with Crippen molar-refractivity contribution in [1.82, 2.24) is 15.1 Å². The molecule has 0 aromatic carbocycles. The number of likely N-dealkylation sites (tertiary alicyclic amines) is 1. The number of hydrogen-bond acceptors (Lipinski definition) is 3. The van der Waals surface area contributed by atoms with Gasteiger partial charge in [0.1, 0.15) is 0 Å². The first-order valence-corrected chi connectivity index (χ1v) is 8.42. The van der Waals surface area contributed by atoms with E-state index in [1.54, 1.807) is 0 Å². The zero-order chi connectivity index (χ0) is 14.8. The van der Waals surface area contributed by atoms with Crippen LogP contribution in [0.25, 0.3) is 0 Å². The van der Waals surface area contributed by atoms with Crippen LogP contribution < -0.4 is 5.32 Å². The molecule has 4 heteroatoms. The van der Waals surface area contributed by atoms with Crippen molar-refractivity contribution in [3.63, 3.8) is 0 Å². The average Bonchev–Trinajstić information content (AvgIpc) is 2.46. The summed E-state index contributed by atoms with van der Waals surface area (Å²) >= 11 is 0. The molecule has 1 aliphatic heterocycles. The van der Waals surface area contributed by atoms with Crippen LogP contribution in [0.3, 0.4) is 0 Å². The molecule has 20 heavy (non-hydrogen) atoms. The zero-order valence-electron chi connectivity index (χ0n) is 13.7. The van der Waals surface area contributed by atoms with Crippen LogP contribution in [0, 0.1) is 5.92 Å². The third kappa shape index (κ3) is 6.23. The smallest absolute Gasteiger partial charge is 0.236 e. The first-order chi connectivity index (χ1) is 9.71. The second-order valence-electron chi connectivity index (χ2n) is 5.91. The van der Waals surface area contributed by atoms with Crippen LogP contribution in [0.5, 0.6) is 0 Å². The predicted octanol–water partition coefficient (Wildman–Crippen LogP) is 1.96. The topological polar surface area (TPSA) is 35.6 Å². The molecule has 0 bridgehead atoms. The average molecular weight is 283 g/mol. The molecule has 0 radical (unpaired) electrons. The lowest BCUT2D eigenvalue weighted by Crippen LogP contribution is -2.44. The van der Waals surface area contributed by atoms with Gasteiger partial charge in [0.15, 0.2) is 0 Å². The Kier molecular flexibility index (Phi) is 8.86. The summed E-state index contributed by atoms with van der Waals surface area (Å²) in [6, 6.07) is 0. The Morgan fingerprint density at radius 1 is 1.15 bits per heavy atom. The highest BCUT2D eigenvalue weighted by atomic mass is 16.2. The fourth-order valence-corrected chi connectivity index (χ4v) is 2.89. The molecule has 0 aromatic heterocycles. The van der Waals surface area contributed by atoms with Crippen molar-refractivity contribution in [2.75, 3.05) is 45.8 Å². The molecule has 0 atom stereocenters. The van der Waals surface area contributed by atoms with Crippen LogP contribution in [-0.4, -0.2) is 61.5 Å². The van der Waals surface area contributed by atoms with E-state index in [-0.39, 0.29) is 0 Å². The van der Waals surface area contributed by atoms with Gasteiger partial charge in [0.2, 0.25) is 5.91 Å². The molecule has 1 N–H and O–H groups in total. The van der Waals surface area contributed by atoms with E-state index in [1.807, 2.05) is 4.90 Å². The van der Waals surface area contributed by atoms with Crippen molar-refractivity contribution < 1.29 is 4.79 Å². The molecule has 0 spiro atoms. The van der Waals surface area contributed by atoms with Crippen molar-refractivity contribution in [3.05, 3.63) is 0 Å². The van der Waals surface area contributed by atoms with Gasteiger partial charge in [0.25, 0.3) is 0 Å². The van der Waals surface area contributed by atoms with Gasteiger partial charge in [-0.15, -0.1) is 0 Å². The van der Waals surface area contributed by atoms with Gasteiger partial charge in [-0.2, -0.15) is 0 Å². The lowest BCUT2D eigenvalue weighted by molar-refractivity contribution is -0.132. The fourth-order valence-electron chi connectivity index (χ4n) is 2.89. The lowest BCUT2D eigenvalue weighted by atomic mass is 9.97. The normalized spacial score (nSPS) is 17.4. The number of carbonyl (C=O) groups is 1. The standard InChI is InChI=1S/C16H33N3O/c1-4-9-19(10-5-2)16(20)14-18-11-7-15(8-12-18)13-17-6-3/h15,17H,4-14H2,1-3H3. The molecule has 0 saturated carbocycles. The highest BCUT2D eigenvalue weighted by molar-refractivity contribution is 5.78. The summed E-state index contributed by atoms with van der Waals surface area (Å²) < 4.78 is 0. The Morgan fingerprint density at radius 3 is 2.25 bits per heavy atom. The summed E-state index contributed by atoms with van der Waals surface area (Å²) in [5.41, 5.74) is 0. The monoisotopic (exact) mass is 283 g/mol. The minimum Gasteiger partial charge on any atom is -0.342 e. The van der Waals surface area contributed by atoms with E-state index in [1.165, 1.54) is 12.8 Å². The largest absolute Gasteiger partial charge is 0.342 e. The first-order valence-electron chi connectivity index (χ1n) is 8.42. The zero-order valence-corrected chi connectivity index (χ0v) is 13.7. The van der Waals surface area contributed by atoms with E-state index in [0.29, 0.717) is 12.5 Å². The molecule has 1 heterocycles. The van der Waals surface area contributed by atoms with Crippen LogP contribution >= 0.6 is 0 Å². The van der Waals surface area contributed by atoms with Gasteiger partial charge >= 0.3 is 0 Å². The van der Waals surface area contributed by atoms with Gasteiger partial charge in [-0.3, -0.25) is 9.69 Å². The van der Waals surface area contributed by atoms with Gasteiger partial charge in [0.05, 0.1) is 6.54 Å². The third-order valence-corrected chi connectivity index (χ3v) is 4.09. The van der Waals surface area contributed by atoms with Crippen molar-refractivity contribution in [1.29, 1.82) is 0 Å². The molecule has 0 aromatic rings. The Labute approximate surface area is 124 Å². The number of carbonyl (C=O) groups excluding carboxylic acids is 1. The van der Waals surface area contributed by atoms with Crippen LogP contribution in [0.2, 0.25) is 0 Å². The van der Waals surface area contributed by atoms with Crippen molar-refractivity contribution in [2.45, 2.75) is 46.5 Å². The molecular formula is C16H33N3O. The van der Waals surface area contributed by atoms with Gasteiger partial charge < -0.3 is 10.2 Å². The van der Waals surface area contributed by atoms with Gasteiger partial charge in [-0.25, -0.2) is 0 Å². The van der Waals surface area contributed by atoms with Gasteiger partial charge in [-0.1, -0.05) is 20.8 Å². The van der Waals surface area contributed by atoms with E-state index in [4.69, 9.17) is 0 Å². The molecular weight excluding hydrogens is 250 g/mol. The number of amides is 1. The van der Waals surface area contributed by atoms with Crippen molar-refractivity contribution in [2.24, 2.45) is 5.92 Å². The summed E-state index contributed by atoms with van der Waals surface area (Å²) in [6.45, 7) is 13.2. The number of piperidine rings is 1. The number of hydrogen-bond donors (Lipinski definition) is 1. The first kappa shape index (κ1) is 17.4. The second-order valence-corrected chi connectivity index (χ2v) is 5.91. The summed E-state index contributed by atoms with van der Waals surface area (Å²) in [4.78, 5) is 16.7. The van der Waals surface area contributed by atoms with Crippen molar-refractivity contribution >= 4 is 5.91 Å². The molecule has 0 aliphatic carbocycles. The van der Waals surface area contributed by atoms with Gasteiger partial charge in [-0.05, 0) is 57.8 Å². The summed E-state index contributed by atoms with van der Waals surface area (Å²) in [5.74, 6) is 1.11. The highest BCUT2D eigenvalue weighted by Crippen LogP contribution is 2.16. The van der Waals surface area contributed by atoms with Crippen molar-refractivity contribution in [3.8, 4) is 0 Å². The SMILES string of the molecule is CCCN(CCC)C(=O)CN1CCC(CNCC)CC1. The maximum atomic E-state index is 12.3. The van der Waals surface area contributed by atoms with E-state index >= 15 is 0 Å². The molecule has 1 amide bonds. The fraction of sp³-hybridized carbons (Fsp3) is 0.938. The highest BCUT2D eigenvalue weighted by Gasteiger charge is 2.22. The van der Waals surface area contributed by atoms with E-state index in [0.717, 1.165) is 58.0 Å². The maximum Gasteiger partial charge on any atom is 0.236 e. The molecule has 1 saturated heterocycles. The summed E-state index contributed by atoms with van der Waals surface area (Å²) in [6.07, 6.45) is 4.55. The minimum absolute atomic E-state index is 0.318. The van der Waals surface area contributed by atoms with Crippen LogP contribution in [0.15, 0.2) is 0 Å². The maximum absolute atomic E-state index is 12.3. The number of rotatable bonds is 9. The lowest BCUT2D eigenvalue weighted by Gasteiger charge is -2.33. The number of nitrogens with zero attached hydrogens (tertiary/aromatic N) is 2. The predicted molar refractivity (Wildman–Crippen MR) is 84.9 cm³/mol. The molecule has 0 unspecified atom stereocenters. The molecule has 1 fully saturated rings. The summed E-state index contributed by atoms with van der Waals surface area (Å²) in [5, 5.41) is 3.43. The Hall–Kier alpha value is -0.610. The Morgan fingerprint density at radius 2 is 1.75 bits per heavy atom. The Balaban J connectivity index is 2.29. The summed E-state index contributed by atoms with van der Waals surface area (Å²) in [7, 11) is 0. The quantitative estimate of drug-likeness (QED) is 0.702. The van der Waals surface area contributed by atoms with E-state index in [2.05, 4.69) is 31.0 Å². The molecule has 118 valence electrons. The molecule has 4 nitrogen and oxygen atoms in total.